The van der Waals surface area contributed by atoms with Gasteiger partial charge in [0.15, 0.2) is 0 Å². The van der Waals surface area contributed by atoms with Crippen LogP contribution in [0.4, 0.5) is 5.95 Å². The van der Waals surface area contributed by atoms with Crippen LogP contribution in [0.25, 0.3) is 0 Å². The fourth-order valence-corrected chi connectivity index (χ4v) is 1.71. The maximum atomic E-state index is 5.86. The van der Waals surface area contributed by atoms with Crippen molar-refractivity contribution < 1.29 is 4.74 Å². The Kier molecular flexibility index (Phi) is 5.06. The molecule has 0 aliphatic carbocycles. The van der Waals surface area contributed by atoms with Crippen LogP contribution in [0.1, 0.15) is 32.0 Å². The van der Waals surface area contributed by atoms with E-state index < -0.39 is 0 Å². The Labute approximate surface area is 122 Å². The van der Waals surface area contributed by atoms with Crippen molar-refractivity contribution in [2.75, 3.05) is 11.9 Å². The Balaban J connectivity index is 2.10. The lowest BCUT2D eigenvalue weighted by Gasteiger charge is -2.13. The second-order valence-corrected chi connectivity index (χ2v) is 4.52. The lowest BCUT2D eigenvalue weighted by Crippen LogP contribution is -2.12. The third-order valence-electron chi connectivity index (χ3n) is 2.50. The van der Waals surface area contributed by atoms with Crippen LogP contribution in [0.15, 0.2) is 24.4 Å². The molecule has 0 aliphatic heterocycles. The van der Waals surface area contributed by atoms with Gasteiger partial charge in [-0.2, -0.15) is 15.0 Å². The zero-order chi connectivity index (χ0) is 14.4. The first-order valence-corrected chi connectivity index (χ1v) is 6.78. The Morgan fingerprint density at radius 3 is 2.85 bits per heavy atom. The molecule has 0 saturated carbocycles. The highest BCUT2D eigenvalue weighted by Crippen LogP contribution is 2.17. The lowest BCUT2D eigenvalue weighted by molar-refractivity contribution is 0.291. The van der Waals surface area contributed by atoms with Gasteiger partial charge in [-0.05, 0) is 37.1 Å². The number of pyridine rings is 1. The summed E-state index contributed by atoms with van der Waals surface area (Å²) in [4.78, 5) is 16.4. The molecule has 20 heavy (non-hydrogen) atoms. The molecule has 2 rings (SSSR count). The quantitative estimate of drug-likeness (QED) is 0.883. The van der Waals surface area contributed by atoms with Gasteiger partial charge in [0.05, 0.1) is 18.3 Å². The third kappa shape index (κ3) is 4.03. The summed E-state index contributed by atoms with van der Waals surface area (Å²) in [5.74, 6) is 0.370. The Bertz CT molecular complexity index is 552. The maximum Gasteiger partial charge on any atom is 0.322 e. The van der Waals surface area contributed by atoms with Crippen LogP contribution in [-0.4, -0.2) is 26.5 Å². The molecule has 2 aromatic heterocycles. The summed E-state index contributed by atoms with van der Waals surface area (Å²) < 4.78 is 5.36. The van der Waals surface area contributed by atoms with Crippen molar-refractivity contribution in [1.82, 2.24) is 19.9 Å². The minimum absolute atomic E-state index is 0.0475. The number of nitrogens with one attached hydrogen (secondary N) is 1. The van der Waals surface area contributed by atoms with Gasteiger partial charge in [0.1, 0.15) is 0 Å². The normalized spacial score (nSPS) is 11.9. The Morgan fingerprint density at radius 2 is 2.15 bits per heavy atom. The van der Waals surface area contributed by atoms with Crippen LogP contribution < -0.4 is 10.1 Å². The number of nitrogens with zero attached hydrogens (tertiary/aromatic N) is 4. The number of anilines is 1. The molecule has 0 bridgehead atoms. The van der Waals surface area contributed by atoms with E-state index in [0.29, 0.717) is 12.6 Å². The highest BCUT2D eigenvalue weighted by atomic mass is 35.5. The fraction of sp³-hybridized carbons (Fsp3) is 0.385. The molecule has 6 nitrogen and oxygen atoms in total. The average molecular weight is 294 g/mol. The van der Waals surface area contributed by atoms with E-state index in [1.54, 1.807) is 6.20 Å². The first kappa shape index (κ1) is 14.5. The minimum atomic E-state index is -0.0475. The molecule has 1 atom stereocenters. The molecule has 0 spiro atoms. The Hall–Kier alpha value is -1.95. The van der Waals surface area contributed by atoms with Crippen LogP contribution in [0, 0.1) is 0 Å². The van der Waals surface area contributed by atoms with Gasteiger partial charge in [-0.1, -0.05) is 13.0 Å². The second kappa shape index (κ2) is 7.00. The third-order valence-corrected chi connectivity index (χ3v) is 2.67. The monoisotopic (exact) mass is 293 g/mol. The first-order valence-electron chi connectivity index (χ1n) is 6.41. The molecule has 0 aliphatic rings. The summed E-state index contributed by atoms with van der Waals surface area (Å²) in [6, 6.07) is 5.90. The van der Waals surface area contributed by atoms with Gasteiger partial charge in [-0.25, -0.2) is 0 Å². The molecular formula is C13H16ClN5O. The van der Waals surface area contributed by atoms with Gasteiger partial charge < -0.3 is 10.1 Å². The Morgan fingerprint density at radius 1 is 1.30 bits per heavy atom. The molecular weight excluding hydrogens is 278 g/mol. The van der Waals surface area contributed by atoms with E-state index in [2.05, 4.69) is 25.3 Å². The predicted molar refractivity (Wildman–Crippen MR) is 76.9 cm³/mol. The van der Waals surface area contributed by atoms with Crippen LogP contribution in [0.2, 0.25) is 5.28 Å². The molecule has 2 heterocycles. The number of hydrogen-bond acceptors (Lipinski definition) is 6. The maximum absolute atomic E-state index is 5.86. The number of rotatable bonds is 6. The molecule has 1 unspecified atom stereocenters. The summed E-state index contributed by atoms with van der Waals surface area (Å²) in [5, 5.41) is 3.23. The fourth-order valence-electron chi connectivity index (χ4n) is 1.55. The van der Waals surface area contributed by atoms with Crippen molar-refractivity contribution in [1.29, 1.82) is 0 Å². The van der Waals surface area contributed by atoms with Crippen molar-refractivity contribution in [2.45, 2.75) is 26.3 Å². The SMILES string of the molecule is CCCOc1nc(Cl)nc(NC(C)c2ccccn2)n1. The van der Waals surface area contributed by atoms with Crippen molar-refractivity contribution in [2.24, 2.45) is 0 Å². The number of halogens is 1. The van der Waals surface area contributed by atoms with Gasteiger partial charge in [0.2, 0.25) is 11.2 Å². The molecule has 1 N–H and O–H groups in total. The first-order chi connectivity index (χ1) is 9.69. The molecule has 0 amide bonds. The highest BCUT2D eigenvalue weighted by molar-refractivity contribution is 6.28. The van der Waals surface area contributed by atoms with Crippen LogP contribution >= 0.6 is 11.6 Å². The van der Waals surface area contributed by atoms with Crippen molar-refractivity contribution in [3.63, 3.8) is 0 Å². The van der Waals surface area contributed by atoms with Crippen LogP contribution in [-0.2, 0) is 0 Å². The zero-order valence-electron chi connectivity index (χ0n) is 11.4. The van der Waals surface area contributed by atoms with E-state index >= 15 is 0 Å². The minimum Gasteiger partial charge on any atom is -0.463 e. The van der Waals surface area contributed by atoms with Gasteiger partial charge in [-0.3, -0.25) is 4.98 Å². The molecule has 106 valence electrons. The van der Waals surface area contributed by atoms with E-state index in [-0.39, 0.29) is 17.3 Å². The van der Waals surface area contributed by atoms with Crippen molar-refractivity contribution in [3.05, 3.63) is 35.4 Å². The molecule has 0 saturated heterocycles. The van der Waals surface area contributed by atoms with Gasteiger partial charge >= 0.3 is 6.01 Å². The summed E-state index contributed by atoms with van der Waals surface area (Å²) in [6.45, 7) is 4.51. The van der Waals surface area contributed by atoms with E-state index in [1.807, 2.05) is 32.0 Å². The summed E-state index contributed by atoms with van der Waals surface area (Å²) in [5.41, 5.74) is 0.889. The van der Waals surface area contributed by atoms with E-state index in [9.17, 15) is 0 Å². The topological polar surface area (TPSA) is 72.8 Å². The number of hydrogen-bond donors (Lipinski definition) is 1. The van der Waals surface area contributed by atoms with Gasteiger partial charge in [-0.15, -0.1) is 0 Å². The second-order valence-electron chi connectivity index (χ2n) is 4.18. The summed E-state index contributed by atoms with van der Waals surface area (Å²) in [7, 11) is 0. The summed E-state index contributed by atoms with van der Waals surface area (Å²) >= 11 is 5.86. The smallest absolute Gasteiger partial charge is 0.322 e. The van der Waals surface area contributed by atoms with E-state index in [0.717, 1.165) is 12.1 Å². The van der Waals surface area contributed by atoms with Crippen molar-refractivity contribution in [3.8, 4) is 6.01 Å². The number of ether oxygens (including phenoxy) is 1. The van der Waals surface area contributed by atoms with E-state index in [1.165, 1.54) is 0 Å². The average Bonchev–Trinajstić information content (AvgIpc) is 2.45. The molecule has 7 heteroatoms. The largest absolute Gasteiger partial charge is 0.463 e. The van der Waals surface area contributed by atoms with Gasteiger partial charge in [0.25, 0.3) is 0 Å². The molecule has 0 fully saturated rings. The molecule has 0 aromatic carbocycles. The van der Waals surface area contributed by atoms with Crippen molar-refractivity contribution >= 4 is 17.5 Å². The highest BCUT2D eigenvalue weighted by Gasteiger charge is 2.11. The lowest BCUT2D eigenvalue weighted by atomic mass is 10.2. The van der Waals surface area contributed by atoms with Gasteiger partial charge in [0, 0.05) is 6.20 Å². The molecule has 0 radical (unpaired) electrons. The van der Waals surface area contributed by atoms with Crippen LogP contribution in [0.3, 0.4) is 0 Å². The molecule has 2 aromatic rings. The van der Waals surface area contributed by atoms with E-state index in [4.69, 9.17) is 16.3 Å². The van der Waals surface area contributed by atoms with Crippen LogP contribution in [0.5, 0.6) is 6.01 Å². The zero-order valence-corrected chi connectivity index (χ0v) is 12.1. The summed E-state index contributed by atoms with van der Waals surface area (Å²) in [6.07, 6.45) is 2.61. The predicted octanol–water partition coefficient (Wildman–Crippen LogP) is 2.88. The standard InChI is InChI=1S/C13H16ClN5O/c1-3-8-20-13-18-11(14)17-12(19-13)16-9(2)10-6-4-5-7-15-10/h4-7,9H,3,8H2,1-2H3,(H,16,17,18,19). The number of aromatic nitrogens is 4.